The van der Waals surface area contributed by atoms with E-state index in [1.165, 1.54) is 11.8 Å². The lowest BCUT2D eigenvalue weighted by atomic mass is 10.2. The lowest BCUT2D eigenvalue weighted by Gasteiger charge is -2.34. The van der Waals surface area contributed by atoms with E-state index in [2.05, 4.69) is 10.2 Å². The molecule has 2 heterocycles. The van der Waals surface area contributed by atoms with Crippen LogP contribution >= 0.6 is 23.4 Å². The van der Waals surface area contributed by atoms with Gasteiger partial charge in [0, 0.05) is 50.7 Å². The Balaban J connectivity index is 1.58. The molecule has 1 saturated heterocycles. The number of nitrogens with zero attached hydrogens (tertiary/aromatic N) is 5. The van der Waals surface area contributed by atoms with Crippen molar-refractivity contribution in [2.45, 2.75) is 12.1 Å². The second kappa shape index (κ2) is 8.09. The first kappa shape index (κ1) is 18.7. The lowest BCUT2D eigenvalue weighted by Crippen LogP contribution is -2.50. The number of thioether (sulfide) groups is 1. The van der Waals surface area contributed by atoms with Crippen molar-refractivity contribution in [2.75, 3.05) is 31.9 Å². The smallest absolute Gasteiger partial charge is 0.233 e. The van der Waals surface area contributed by atoms with Gasteiger partial charge in [-0.05, 0) is 24.3 Å². The van der Waals surface area contributed by atoms with Crippen molar-refractivity contribution < 1.29 is 9.59 Å². The third-order valence-corrected chi connectivity index (χ3v) is 5.60. The molecule has 2 amide bonds. The van der Waals surface area contributed by atoms with Gasteiger partial charge in [-0.2, -0.15) is 0 Å². The molecular weight excluding hydrogens is 374 g/mol. The second-order valence-electron chi connectivity index (χ2n) is 6.05. The Labute approximate surface area is 161 Å². The largest absolute Gasteiger partial charge is 0.339 e. The molecule has 0 unspecified atom stereocenters. The van der Waals surface area contributed by atoms with Crippen molar-refractivity contribution in [3.8, 4) is 11.4 Å². The molecule has 0 saturated carbocycles. The van der Waals surface area contributed by atoms with Gasteiger partial charge in [-0.3, -0.25) is 9.59 Å². The topological polar surface area (TPSA) is 71.3 Å². The van der Waals surface area contributed by atoms with Gasteiger partial charge in [0.1, 0.15) is 0 Å². The lowest BCUT2D eigenvalue weighted by molar-refractivity contribution is -0.136. The van der Waals surface area contributed by atoms with Gasteiger partial charge in [-0.1, -0.05) is 23.4 Å². The highest BCUT2D eigenvalue weighted by atomic mass is 35.5. The fourth-order valence-electron chi connectivity index (χ4n) is 2.78. The summed E-state index contributed by atoms with van der Waals surface area (Å²) in [5.41, 5.74) is 0.919. The molecule has 0 spiro atoms. The molecule has 1 aromatic carbocycles. The number of carbonyl (C=O) groups is 2. The number of rotatable bonds is 4. The maximum Gasteiger partial charge on any atom is 0.233 e. The third-order valence-electron chi connectivity index (χ3n) is 4.34. The van der Waals surface area contributed by atoms with Gasteiger partial charge >= 0.3 is 0 Å². The summed E-state index contributed by atoms with van der Waals surface area (Å²) in [6, 6.07) is 7.39. The van der Waals surface area contributed by atoms with E-state index in [1.807, 2.05) is 35.9 Å². The van der Waals surface area contributed by atoms with Crippen molar-refractivity contribution in [2.24, 2.45) is 7.05 Å². The van der Waals surface area contributed by atoms with Crippen LogP contribution in [0.25, 0.3) is 11.4 Å². The Morgan fingerprint density at radius 1 is 1.08 bits per heavy atom. The molecule has 138 valence electrons. The summed E-state index contributed by atoms with van der Waals surface area (Å²) in [6.45, 7) is 3.90. The highest BCUT2D eigenvalue weighted by Gasteiger charge is 2.23. The van der Waals surface area contributed by atoms with Gasteiger partial charge in [0.25, 0.3) is 0 Å². The summed E-state index contributed by atoms with van der Waals surface area (Å²) in [5.74, 6) is 1.13. The average molecular weight is 394 g/mol. The predicted molar refractivity (Wildman–Crippen MR) is 101 cm³/mol. The predicted octanol–water partition coefficient (Wildman–Crippen LogP) is 1.92. The summed E-state index contributed by atoms with van der Waals surface area (Å²) in [7, 11) is 1.88. The van der Waals surface area contributed by atoms with Gasteiger partial charge in [0.2, 0.25) is 11.8 Å². The van der Waals surface area contributed by atoms with Crippen molar-refractivity contribution in [1.82, 2.24) is 24.6 Å². The Morgan fingerprint density at radius 3 is 2.31 bits per heavy atom. The fraction of sp³-hybridized carbons (Fsp3) is 0.412. The van der Waals surface area contributed by atoms with Crippen LogP contribution in [0.4, 0.5) is 0 Å². The summed E-state index contributed by atoms with van der Waals surface area (Å²) in [5, 5.41) is 9.76. The molecule has 0 N–H and O–H groups in total. The SMILES string of the molecule is CC(=O)N1CCN(C(=O)CSc2nnc(-c3ccc(Cl)cc3)n2C)CC1. The summed E-state index contributed by atoms with van der Waals surface area (Å²) >= 11 is 7.28. The van der Waals surface area contributed by atoms with Gasteiger partial charge in [-0.15, -0.1) is 10.2 Å². The zero-order chi connectivity index (χ0) is 18.7. The van der Waals surface area contributed by atoms with Crippen LogP contribution in [-0.2, 0) is 16.6 Å². The first-order chi connectivity index (χ1) is 12.5. The molecule has 0 bridgehead atoms. The average Bonchev–Trinajstić information content (AvgIpc) is 3.01. The number of benzene rings is 1. The van der Waals surface area contributed by atoms with Crippen LogP contribution in [0.5, 0.6) is 0 Å². The van der Waals surface area contributed by atoms with E-state index in [4.69, 9.17) is 11.6 Å². The van der Waals surface area contributed by atoms with Crippen molar-refractivity contribution >= 4 is 35.2 Å². The van der Waals surface area contributed by atoms with E-state index < -0.39 is 0 Å². The Hall–Kier alpha value is -2.06. The highest BCUT2D eigenvalue weighted by Crippen LogP contribution is 2.24. The van der Waals surface area contributed by atoms with E-state index in [-0.39, 0.29) is 11.8 Å². The maximum atomic E-state index is 12.4. The number of hydrogen-bond donors (Lipinski definition) is 0. The molecule has 7 nitrogen and oxygen atoms in total. The van der Waals surface area contributed by atoms with Gasteiger partial charge < -0.3 is 14.4 Å². The van der Waals surface area contributed by atoms with Crippen LogP contribution in [0.2, 0.25) is 5.02 Å². The Morgan fingerprint density at radius 2 is 1.69 bits per heavy atom. The van der Waals surface area contributed by atoms with Crippen molar-refractivity contribution in [3.63, 3.8) is 0 Å². The van der Waals surface area contributed by atoms with Crippen LogP contribution in [0.15, 0.2) is 29.4 Å². The molecular formula is C17H20ClN5O2S. The zero-order valence-electron chi connectivity index (χ0n) is 14.7. The standard InChI is InChI=1S/C17H20ClN5O2S/c1-12(24)22-7-9-23(10-8-22)15(25)11-26-17-20-19-16(21(17)2)13-3-5-14(18)6-4-13/h3-6H,7-11H2,1-2H3. The minimum atomic E-state index is 0.0502. The molecule has 0 radical (unpaired) electrons. The Bertz CT molecular complexity index is 800. The number of hydrogen-bond acceptors (Lipinski definition) is 5. The fourth-order valence-corrected chi connectivity index (χ4v) is 3.72. The first-order valence-electron chi connectivity index (χ1n) is 8.27. The number of aromatic nitrogens is 3. The van der Waals surface area contributed by atoms with Crippen LogP contribution < -0.4 is 0 Å². The quantitative estimate of drug-likeness (QED) is 0.742. The molecule has 1 fully saturated rings. The number of piperazine rings is 1. The molecule has 1 aromatic heterocycles. The molecule has 1 aliphatic rings. The van der Waals surface area contributed by atoms with Crippen LogP contribution in [0, 0.1) is 0 Å². The zero-order valence-corrected chi connectivity index (χ0v) is 16.3. The molecule has 1 aliphatic heterocycles. The molecule has 0 aliphatic carbocycles. The van der Waals surface area contributed by atoms with E-state index in [9.17, 15) is 9.59 Å². The molecule has 2 aromatic rings. The van der Waals surface area contributed by atoms with Gasteiger partial charge in [0.15, 0.2) is 11.0 Å². The van der Waals surface area contributed by atoms with Crippen LogP contribution in [0.1, 0.15) is 6.92 Å². The third kappa shape index (κ3) is 4.19. The Kier molecular flexibility index (Phi) is 5.83. The molecule has 0 atom stereocenters. The number of amides is 2. The van der Waals surface area contributed by atoms with E-state index in [0.717, 1.165) is 11.4 Å². The maximum absolute atomic E-state index is 12.4. The second-order valence-corrected chi connectivity index (χ2v) is 7.43. The summed E-state index contributed by atoms with van der Waals surface area (Å²) in [6.07, 6.45) is 0. The van der Waals surface area contributed by atoms with E-state index >= 15 is 0 Å². The molecule has 9 heteroatoms. The van der Waals surface area contributed by atoms with Gasteiger partial charge in [0.05, 0.1) is 5.75 Å². The van der Waals surface area contributed by atoms with Crippen LogP contribution in [0.3, 0.4) is 0 Å². The van der Waals surface area contributed by atoms with Crippen LogP contribution in [-0.4, -0.2) is 68.3 Å². The minimum Gasteiger partial charge on any atom is -0.339 e. The normalized spacial score (nSPS) is 14.6. The van der Waals surface area contributed by atoms with E-state index in [1.54, 1.807) is 16.7 Å². The highest BCUT2D eigenvalue weighted by molar-refractivity contribution is 7.99. The minimum absolute atomic E-state index is 0.0502. The molecule has 26 heavy (non-hydrogen) atoms. The summed E-state index contributed by atoms with van der Waals surface area (Å²) in [4.78, 5) is 27.3. The van der Waals surface area contributed by atoms with E-state index in [0.29, 0.717) is 42.1 Å². The summed E-state index contributed by atoms with van der Waals surface area (Å²) < 4.78 is 1.87. The first-order valence-corrected chi connectivity index (χ1v) is 9.63. The van der Waals surface area contributed by atoms with Crippen molar-refractivity contribution in [1.29, 1.82) is 0 Å². The number of carbonyl (C=O) groups excluding carboxylic acids is 2. The monoisotopic (exact) mass is 393 g/mol. The number of halogens is 1. The van der Waals surface area contributed by atoms with Gasteiger partial charge in [-0.25, -0.2) is 0 Å². The molecule has 3 rings (SSSR count). The van der Waals surface area contributed by atoms with Crippen molar-refractivity contribution in [3.05, 3.63) is 29.3 Å².